The smallest absolute Gasteiger partial charge is 0.149 e. The third-order valence-corrected chi connectivity index (χ3v) is 7.24. The van der Waals surface area contributed by atoms with E-state index in [1.165, 1.54) is 0 Å². The van der Waals surface area contributed by atoms with Crippen LogP contribution in [0.5, 0.6) is 5.75 Å². The van der Waals surface area contributed by atoms with Crippen LogP contribution in [0.25, 0.3) is 38.0 Å². The Labute approximate surface area is 207 Å². The molecule has 8 nitrogen and oxygen atoms in total. The lowest BCUT2D eigenvalue weighted by Gasteiger charge is -2.26. The molecule has 1 fully saturated rings. The van der Waals surface area contributed by atoms with E-state index in [1.54, 1.807) is 17.5 Å². The predicted octanol–water partition coefficient (Wildman–Crippen LogP) is 4.53. The van der Waals surface area contributed by atoms with E-state index in [-0.39, 0.29) is 0 Å². The quantitative estimate of drug-likeness (QED) is 0.364. The van der Waals surface area contributed by atoms with Crippen molar-refractivity contribution in [1.82, 2.24) is 29.5 Å². The van der Waals surface area contributed by atoms with E-state index in [4.69, 9.17) is 19.6 Å². The van der Waals surface area contributed by atoms with Crippen LogP contribution in [0.1, 0.15) is 5.69 Å². The molecule has 0 atom stereocenters. The zero-order valence-corrected chi connectivity index (χ0v) is 20.3. The highest BCUT2D eigenvalue weighted by Crippen LogP contribution is 2.41. The Morgan fingerprint density at radius 3 is 2.80 bits per heavy atom. The summed E-state index contributed by atoms with van der Waals surface area (Å²) in [6.45, 7) is 7.06. The molecule has 1 aromatic carbocycles. The van der Waals surface area contributed by atoms with Crippen molar-refractivity contribution in [3.05, 3.63) is 66.7 Å². The highest BCUT2D eigenvalue weighted by Gasteiger charge is 2.22. The second-order valence-corrected chi connectivity index (χ2v) is 9.45. The van der Waals surface area contributed by atoms with E-state index >= 15 is 0 Å². The molecular weight excluding hydrogens is 460 g/mol. The second-order valence-electron chi connectivity index (χ2n) is 8.46. The first-order chi connectivity index (χ1) is 17.3. The summed E-state index contributed by atoms with van der Waals surface area (Å²) in [7, 11) is 0. The number of aromatic amines is 1. The van der Waals surface area contributed by atoms with Crippen LogP contribution in [0.3, 0.4) is 0 Å². The van der Waals surface area contributed by atoms with Gasteiger partial charge in [0, 0.05) is 49.9 Å². The molecule has 35 heavy (non-hydrogen) atoms. The summed E-state index contributed by atoms with van der Waals surface area (Å²) in [5.41, 5.74) is 4.89. The first-order valence-electron chi connectivity index (χ1n) is 11.7. The lowest BCUT2D eigenvalue weighted by Crippen LogP contribution is -2.38. The Morgan fingerprint density at radius 2 is 2.00 bits per heavy atom. The van der Waals surface area contributed by atoms with E-state index in [9.17, 15) is 0 Å². The first-order valence-corrected chi connectivity index (χ1v) is 12.6. The molecule has 0 saturated carbocycles. The number of aryl methyl sites for hydroxylation is 1. The van der Waals surface area contributed by atoms with Crippen LogP contribution >= 0.6 is 11.3 Å². The third-order valence-electron chi connectivity index (χ3n) is 6.16. The molecule has 1 aliphatic rings. The van der Waals surface area contributed by atoms with Crippen LogP contribution in [-0.4, -0.2) is 68.9 Å². The van der Waals surface area contributed by atoms with E-state index in [0.29, 0.717) is 6.61 Å². The van der Waals surface area contributed by atoms with Crippen molar-refractivity contribution in [2.45, 2.75) is 6.92 Å². The summed E-state index contributed by atoms with van der Waals surface area (Å²) in [5, 5.41) is 5.65. The molecule has 0 amide bonds. The predicted molar refractivity (Wildman–Crippen MR) is 137 cm³/mol. The molecule has 0 radical (unpaired) electrons. The summed E-state index contributed by atoms with van der Waals surface area (Å²) < 4.78 is 13.4. The molecule has 5 heterocycles. The van der Waals surface area contributed by atoms with Gasteiger partial charge >= 0.3 is 0 Å². The summed E-state index contributed by atoms with van der Waals surface area (Å²) in [6, 6.07) is 14.3. The number of hydrogen-bond acceptors (Lipinski definition) is 7. The highest BCUT2D eigenvalue weighted by molar-refractivity contribution is 7.19. The van der Waals surface area contributed by atoms with Crippen LogP contribution in [-0.2, 0) is 4.74 Å². The standard InChI is InChI=1S/C26H26N6O2S/c1-18-22(21-17-20(7-10-32(21)30-18)34-16-13-31-11-14-33-15-12-31)26-29-23(19-5-3-2-4-6-19)24(35-26)25-27-8-9-28-25/h2-10,17H,11-16H2,1H3,(H,27,28). The molecule has 9 heteroatoms. The maximum atomic E-state index is 6.12. The third kappa shape index (κ3) is 4.45. The lowest BCUT2D eigenvalue weighted by atomic mass is 10.1. The summed E-state index contributed by atoms with van der Waals surface area (Å²) >= 11 is 1.62. The Kier molecular flexibility index (Phi) is 6.03. The van der Waals surface area contributed by atoms with Crippen molar-refractivity contribution in [2.24, 2.45) is 0 Å². The minimum atomic E-state index is 0.636. The molecule has 0 bridgehead atoms. The fraction of sp³-hybridized carbons (Fsp3) is 0.269. The number of H-pyrrole nitrogens is 1. The normalized spacial score (nSPS) is 14.5. The largest absolute Gasteiger partial charge is 0.492 e. The van der Waals surface area contributed by atoms with Gasteiger partial charge in [0.05, 0.1) is 40.6 Å². The zero-order chi connectivity index (χ0) is 23.6. The monoisotopic (exact) mass is 486 g/mol. The number of thiazole rings is 1. The van der Waals surface area contributed by atoms with Gasteiger partial charge in [-0.1, -0.05) is 30.3 Å². The number of benzene rings is 1. The SMILES string of the molecule is Cc1nn2ccc(OCCN3CCOCC3)cc2c1-c1nc(-c2ccccc2)c(-c2ncc[nH]2)s1. The average Bonchev–Trinajstić information content (AvgIpc) is 3.63. The highest BCUT2D eigenvalue weighted by atomic mass is 32.1. The van der Waals surface area contributed by atoms with Gasteiger partial charge in [-0.15, -0.1) is 11.3 Å². The molecule has 178 valence electrons. The topological polar surface area (TPSA) is 80.6 Å². The number of ether oxygens (including phenoxy) is 2. The number of morpholine rings is 1. The van der Waals surface area contributed by atoms with Crippen molar-refractivity contribution in [2.75, 3.05) is 39.5 Å². The second kappa shape index (κ2) is 9.61. The number of nitrogens with zero attached hydrogens (tertiary/aromatic N) is 5. The Hall–Kier alpha value is -3.53. The summed E-state index contributed by atoms with van der Waals surface area (Å²) in [6.07, 6.45) is 5.56. The van der Waals surface area contributed by atoms with Crippen molar-refractivity contribution in [1.29, 1.82) is 0 Å². The Balaban J connectivity index is 1.35. The maximum absolute atomic E-state index is 6.12. The molecule has 4 aromatic heterocycles. The van der Waals surface area contributed by atoms with Crippen LogP contribution in [0.4, 0.5) is 0 Å². The number of pyridine rings is 1. The summed E-state index contributed by atoms with van der Waals surface area (Å²) in [4.78, 5) is 16.2. The van der Waals surface area contributed by atoms with Gasteiger partial charge in [0.15, 0.2) is 0 Å². The average molecular weight is 487 g/mol. The van der Waals surface area contributed by atoms with E-state index in [0.717, 1.165) is 82.3 Å². The van der Waals surface area contributed by atoms with Crippen molar-refractivity contribution >= 4 is 16.9 Å². The number of nitrogens with one attached hydrogen (secondary N) is 1. The molecule has 0 aliphatic carbocycles. The van der Waals surface area contributed by atoms with Crippen LogP contribution in [0.15, 0.2) is 61.1 Å². The van der Waals surface area contributed by atoms with Gasteiger partial charge in [-0.3, -0.25) is 4.90 Å². The minimum absolute atomic E-state index is 0.636. The Bertz CT molecular complexity index is 1420. The van der Waals surface area contributed by atoms with Gasteiger partial charge in [0.25, 0.3) is 0 Å². The molecular formula is C26H26N6O2S. The molecule has 0 unspecified atom stereocenters. The van der Waals surface area contributed by atoms with Crippen molar-refractivity contribution in [3.63, 3.8) is 0 Å². The maximum Gasteiger partial charge on any atom is 0.149 e. The number of hydrogen-bond donors (Lipinski definition) is 1. The van der Waals surface area contributed by atoms with Crippen molar-refractivity contribution in [3.8, 4) is 38.3 Å². The number of aromatic nitrogens is 5. The van der Waals surface area contributed by atoms with E-state index in [1.807, 2.05) is 48.1 Å². The van der Waals surface area contributed by atoms with Gasteiger partial charge in [0.2, 0.25) is 0 Å². The van der Waals surface area contributed by atoms with Gasteiger partial charge < -0.3 is 14.5 Å². The van der Waals surface area contributed by atoms with E-state index in [2.05, 4.69) is 33.1 Å². The van der Waals surface area contributed by atoms with Crippen LogP contribution < -0.4 is 4.74 Å². The number of rotatable bonds is 7. The molecule has 1 saturated heterocycles. The molecule has 1 N–H and O–H groups in total. The lowest BCUT2D eigenvalue weighted by molar-refractivity contribution is 0.0322. The summed E-state index contributed by atoms with van der Waals surface area (Å²) in [5.74, 6) is 1.65. The fourth-order valence-electron chi connectivity index (χ4n) is 4.38. The molecule has 1 aliphatic heterocycles. The minimum Gasteiger partial charge on any atom is -0.492 e. The fourth-order valence-corrected chi connectivity index (χ4v) is 5.54. The van der Waals surface area contributed by atoms with Crippen LogP contribution in [0.2, 0.25) is 0 Å². The number of fused-ring (bicyclic) bond motifs is 1. The molecule has 0 spiro atoms. The van der Waals surface area contributed by atoms with Gasteiger partial charge in [-0.2, -0.15) is 5.10 Å². The van der Waals surface area contributed by atoms with Crippen molar-refractivity contribution < 1.29 is 9.47 Å². The van der Waals surface area contributed by atoms with Gasteiger partial charge in [-0.05, 0) is 13.0 Å². The first kappa shape index (κ1) is 22.0. The zero-order valence-electron chi connectivity index (χ0n) is 19.5. The molecule has 6 rings (SSSR count). The Morgan fingerprint density at radius 1 is 1.14 bits per heavy atom. The number of imidazole rings is 1. The van der Waals surface area contributed by atoms with Crippen LogP contribution in [0, 0.1) is 6.92 Å². The van der Waals surface area contributed by atoms with Gasteiger partial charge in [-0.25, -0.2) is 14.5 Å². The molecule has 5 aromatic rings. The van der Waals surface area contributed by atoms with E-state index < -0.39 is 0 Å². The van der Waals surface area contributed by atoms with Gasteiger partial charge in [0.1, 0.15) is 23.2 Å².